The fraction of sp³-hybridized carbons (Fsp3) is 0.261. The van der Waals surface area contributed by atoms with E-state index < -0.39 is 17.4 Å². The number of esters is 1. The monoisotopic (exact) mass is 400 g/mol. The molecule has 1 spiro atoms. The number of carbonyl (C=O) groups is 1. The summed E-state index contributed by atoms with van der Waals surface area (Å²) in [5.74, 6) is -1.65. The number of methoxy groups -OCH3 is 1. The Morgan fingerprint density at radius 1 is 1.20 bits per heavy atom. The number of nitriles is 1. The maximum atomic E-state index is 12.6. The average Bonchev–Trinajstić information content (AvgIpc) is 3.05. The maximum absolute atomic E-state index is 12.6. The number of nitrogens with zero attached hydrogens (tertiary/aromatic N) is 4. The highest BCUT2D eigenvalue weighted by atomic mass is 16.7. The minimum absolute atomic E-state index is 0.0739. The first-order chi connectivity index (χ1) is 14.7. The predicted molar refractivity (Wildman–Crippen MR) is 110 cm³/mol. The number of ether oxygens (including phenoxy) is 1. The molecule has 3 aliphatic heterocycles. The van der Waals surface area contributed by atoms with Crippen molar-refractivity contribution in [3.05, 3.63) is 78.0 Å². The SMILES string of the molecule is COC(=O)C1=NOC23CCCC=CN2C(C#N)(c2ccccc2)c2ccccc2N13. The zero-order valence-electron chi connectivity index (χ0n) is 16.5. The summed E-state index contributed by atoms with van der Waals surface area (Å²) in [5.41, 5.74) is 1.12. The molecule has 30 heavy (non-hydrogen) atoms. The zero-order chi connectivity index (χ0) is 20.8. The van der Waals surface area contributed by atoms with Gasteiger partial charge in [0.25, 0.3) is 11.7 Å². The molecule has 2 aromatic rings. The molecule has 2 aromatic carbocycles. The van der Waals surface area contributed by atoms with Crippen molar-refractivity contribution in [2.24, 2.45) is 5.16 Å². The largest absolute Gasteiger partial charge is 0.463 e. The van der Waals surface area contributed by atoms with Crippen LogP contribution in [0.2, 0.25) is 0 Å². The molecule has 5 rings (SSSR count). The molecule has 2 unspecified atom stereocenters. The van der Waals surface area contributed by atoms with E-state index in [4.69, 9.17) is 9.57 Å². The molecular weight excluding hydrogens is 380 g/mol. The molecule has 0 radical (unpaired) electrons. The van der Waals surface area contributed by atoms with Crippen LogP contribution in [-0.2, 0) is 19.9 Å². The fourth-order valence-electron chi connectivity index (χ4n) is 4.69. The van der Waals surface area contributed by atoms with Crippen LogP contribution in [0.4, 0.5) is 5.69 Å². The summed E-state index contributed by atoms with van der Waals surface area (Å²) in [4.78, 5) is 22.3. The van der Waals surface area contributed by atoms with E-state index in [1.807, 2.05) is 71.8 Å². The Labute approximate surface area is 174 Å². The van der Waals surface area contributed by atoms with Crippen molar-refractivity contribution in [2.45, 2.75) is 30.7 Å². The molecule has 0 bridgehead atoms. The zero-order valence-corrected chi connectivity index (χ0v) is 16.5. The standard InChI is InChI=1S/C23H20N4O3/c1-29-21(28)20-25-30-23-14-8-3-9-15-26(23)22(16-24,17-10-4-2-5-11-17)18-12-6-7-13-19(18)27(20)23/h2,4-7,9-13,15H,3,8,14H2,1H3. The van der Waals surface area contributed by atoms with Crippen LogP contribution < -0.4 is 4.90 Å². The Morgan fingerprint density at radius 2 is 1.97 bits per heavy atom. The van der Waals surface area contributed by atoms with E-state index in [0.29, 0.717) is 12.1 Å². The number of rotatable bonds is 2. The van der Waals surface area contributed by atoms with Gasteiger partial charge < -0.3 is 9.57 Å². The number of anilines is 1. The molecule has 0 aromatic heterocycles. The van der Waals surface area contributed by atoms with Crippen LogP contribution in [0.3, 0.4) is 0 Å². The molecule has 3 heterocycles. The van der Waals surface area contributed by atoms with Crippen molar-refractivity contribution in [3.63, 3.8) is 0 Å². The van der Waals surface area contributed by atoms with Crippen LogP contribution in [0.5, 0.6) is 0 Å². The number of carbonyl (C=O) groups excluding carboxylic acids is 1. The number of amidine groups is 1. The fourth-order valence-corrected chi connectivity index (χ4v) is 4.69. The lowest BCUT2D eigenvalue weighted by atomic mass is 9.78. The number of allylic oxidation sites excluding steroid dienone is 1. The summed E-state index contributed by atoms with van der Waals surface area (Å²) in [5, 5.41) is 14.8. The lowest BCUT2D eigenvalue weighted by Crippen LogP contribution is -2.68. The van der Waals surface area contributed by atoms with E-state index in [9.17, 15) is 10.1 Å². The van der Waals surface area contributed by atoms with Gasteiger partial charge in [0, 0.05) is 18.2 Å². The quantitative estimate of drug-likeness (QED) is 0.719. The van der Waals surface area contributed by atoms with Crippen molar-refractivity contribution in [1.29, 1.82) is 5.26 Å². The summed E-state index contributed by atoms with van der Waals surface area (Å²) >= 11 is 0. The molecule has 2 atom stereocenters. The van der Waals surface area contributed by atoms with E-state index in [2.05, 4.69) is 11.2 Å². The first kappa shape index (κ1) is 18.3. The lowest BCUT2D eigenvalue weighted by molar-refractivity contribution is -0.148. The van der Waals surface area contributed by atoms with Crippen molar-refractivity contribution >= 4 is 17.5 Å². The first-order valence-corrected chi connectivity index (χ1v) is 9.86. The second-order valence-electron chi connectivity index (χ2n) is 7.43. The molecule has 150 valence electrons. The minimum atomic E-state index is -1.16. The Bertz CT molecular complexity index is 1110. The third-order valence-corrected chi connectivity index (χ3v) is 5.96. The maximum Gasteiger partial charge on any atom is 0.377 e. The second-order valence-corrected chi connectivity index (χ2v) is 7.43. The highest BCUT2D eigenvalue weighted by Gasteiger charge is 2.64. The Morgan fingerprint density at radius 3 is 2.73 bits per heavy atom. The average molecular weight is 400 g/mol. The Balaban J connectivity index is 1.86. The van der Waals surface area contributed by atoms with Gasteiger partial charge >= 0.3 is 5.97 Å². The van der Waals surface area contributed by atoms with E-state index in [1.54, 1.807) is 4.90 Å². The van der Waals surface area contributed by atoms with Gasteiger partial charge in [-0.05, 0) is 24.5 Å². The molecule has 0 N–H and O–H groups in total. The van der Waals surface area contributed by atoms with E-state index >= 15 is 0 Å². The van der Waals surface area contributed by atoms with Crippen molar-refractivity contribution in [3.8, 4) is 6.07 Å². The van der Waals surface area contributed by atoms with Gasteiger partial charge in [0.15, 0.2) is 5.54 Å². The van der Waals surface area contributed by atoms with Crippen LogP contribution in [0.25, 0.3) is 0 Å². The van der Waals surface area contributed by atoms with Crippen LogP contribution in [-0.4, -0.2) is 29.7 Å². The normalized spacial score (nSPS) is 26.3. The summed E-state index contributed by atoms with van der Waals surface area (Å²) in [6.07, 6.45) is 6.13. The first-order valence-electron chi connectivity index (χ1n) is 9.86. The molecule has 7 heteroatoms. The number of para-hydroxylation sites is 1. The molecule has 3 aliphatic rings. The molecule has 0 fully saturated rings. The van der Waals surface area contributed by atoms with Crippen molar-refractivity contribution < 1.29 is 14.4 Å². The van der Waals surface area contributed by atoms with Crippen LogP contribution >= 0.6 is 0 Å². The number of benzene rings is 2. The third-order valence-electron chi connectivity index (χ3n) is 5.96. The summed E-state index contributed by atoms with van der Waals surface area (Å²) in [6.45, 7) is 0. The van der Waals surface area contributed by atoms with E-state index in [1.165, 1.54) is 7.11 Å². The summed E-state index contributed by atoms with van der Waals surface area (Å²) in [7, 11) is 1.32. The molecule has 0 saturated carbocycles. The third kappa shape index (κ3) is 2.19. The molecular formula is C23H20N4O3. The van der Waals surface area contributed by atoms with Gasteiger partial charge in [-0.15, -0.1) is 0 Å². The Kier molecular flexibility index (Phi) is 4.03. The van der Waals surface area contributed by atoms with E-state index in [0.717, 1.165) is 24.0 Å². The number of hydrogen-bond donors (Lipinski definition) is 0. The van der Waals surface area contributed by atoms with Gasteiger partial charge in [-0.25, -0.2) is 4.79 Å². The second kappa shape index (κ2) is 6.63. The molecule has 0 amide bonds. The topological polar surface area (TPSA) is 78.2 Å². The highest BCUT2D eigenvalue weighted by molar-refractivity contribution is 6.41. The van der Waals surface area contributed by atoms with Crippen molar-refractivity contribution in [2.75, 3.05) is 12.0 Å². The summed E-state index contributed by atoms with van der Waals surface area (Å²) in [6, 6.07) is 19.8. The van der Waals surface area contributed by atoms with E-state index in [-0.39, 0.29) is 5.84 Å². The molecule has 0 aliphatic carbocycles. The molecule has 0 saturated heterocycles. The summed E-state index contributed by atoms with van der Waals surface area (Å²) < 4.78 is 4.98. The Hall–Kier alpha value is -3.79. The van der Waals surface area contributed by atoms with Gasteiger partial charge in [-0.2, -0.15) is 5.26 Å². The van der Waals surface area contributed by atoms with Gasteiger partial charge in [-0.1, -0.05) is 59.8 Å². The van der Waals surface area contributed by atoms with Gasteiger partial charge in [0.05, 0.1) is 12.8 Å². The van der Waals surface area contributed by atoms with Gasteiger partial charge in [0.2, 0.25) is 0 Å². The van der Waals surface area contributed by atoms with Crippen LogP contribution in [0.15, 0.2) is 72.0 Å². The minimum Gasteiger partial charge on any atom is -0.463 e. The van der Waals surface area contributed by atoms with Crippen LogP contribution in [0.1, 0.15) is 30.4 Å². The van der Waals surface area contributed by atoms with Crippen molar-refractivity contribution in [1.82, 2.24) is 4.90 Å². The van der Waals surface area contributed by atoms with Gasteiger partial charge in [0.1, 0.15) is 6.07 Å². The smallest absolute Gasteiger partial charge is 0.377 e. The predicted octanol–water partition coefficient (Wildman–Crippen LogP) is 3.44. The van der Waals surface area contributed by atoms with Crippen LogP contribution in [0, 0.1) is 11.3 Å². The highest BCUT2D eigenvalue weighted by Crippen LogP contribution is 2.54. The molecule has 7 nitrogen and oxygen atoms in total. The number of hydrogen-bond acceptors (Lipinski definition) is 7. The number of oxime groups is 1. The number of fused-ring (bicyclic) bond motifs is 2. The van der Waals surface area contributed by atoms with Gasteiger partial charge in [-0.3, -0.25) is 9.80 Å². The lowest BCUT2D eigenvalue weighted by Gasteiger charge is -2.55.